The molecule has 66 valence electrons. The van der Waals surface area contributed by atoms with Gasteiger partial charge in [0.25, 0.3) is 0 Å². The molecule has 2 fully saturated rings. The van der Waals surface area contributed by atoms with Crippen molar-refractivity contribution in [1.29, 1.82) is 0 Å². The summed E-state index contributed by atoms with van der Waals surface area (Å²) < 4.78 is 11.7. The molecule has 1 aliphatic heterocycles. The lowest BCUT2D eigenvalue weighted by Gasteiger charge is -2.19. The van der Waals surface area contributed by atoms with Crippen LogP contribution in [0.15, 0.2) is 12.2 Å². The fourth-order valence-corrected chi connectivity index (χ4v) is 2.72. The minimum absolute atomic E-state index is 0.343. The Balaban J connectivity index is 1.91. The third-order valence-electron chi connectivity index (χ3n) is 3.16. The molecule has 0 aromatic rings. The van der Waals surface area contributed by atoms with Crippen molar-refractivity contribution >= 4 is 0 Å². The van der Waals surface area contributed by atoms with Gasteiger partial charge in [0.15, 0.2) is 5.79 Å². The number of ether oxygens (including phenoxy) is 2. The predicted molar refractivity (Wildman–Crippen MR) is 44.6 cm³/mol. The van der Waals surface area contributed by atoms with Gasteiger partial charge in [-0.1, -0.05) is 12.2 Å². The second-order valence-corrected chi connectivity index (χ2v) is 4.51. The van der Waals surface area contributed by atoms with E-state index in [4.69, 9.17) is 9.47 Å². The molecule has 1 heterocycles. The van der Waals surface area contributed by atoms with Crippen molar-refractivity contribution in [2.75, 3.05) is 0 Å². The van der Waals surface area contributed by atoms with E-state index in [0.717, 1.165) is 0 Å². The average Bonchev–Trinajstić information content (AvgIpc) is 2.54. The van der Waals surface area contributed by atoms with Crippen molar-refractivity contribution in [2.45, 2.75) is 38.3 Å². The highest BCUT2D eigenvalue weighted by atomic mass is 16.8. The Morgan fingerprint density at radius 1 is 1.08 bits per heavy atom. The fraction of sp³-hybridized carbons (Fsp3) is 0.800. The van der Waals surface area contributed by atoms with Gasteiger partial charge in [0.05, 0.1) is 12.2 Å². The summed E-state index contributed by atoms with van der Waals surface area (Å²) in [5, 5.41) is 0. The summed E-state index contributed by atoms with van der Waals surface area (Å²) in [5.74, 6) is 0.904. The third-order valence-corrected chi connectivity index (χ3v) is 3.16. The van der Waals surface area contributed by atoms with Crippen molar-refractivity contribution < 1.29 is 9.47 Å². The molecule has 0 amide bonds. The maximum atomic E-state index is 5.83. The van der Waals surface area contributed by atoms with E-state index < -0.39 is 0 Å². The molecule has 0 spiro atoms. The molecule has 1 saturated carbocycles. The van der Waals surface area contributed by atoms with Gasteiger partial charge in [-0.15, -0.1) is 0 Å². The van der Waals surface area contributed by atoms with Gasteiger partial charge in [0.1, 0.15) is 0 Å². The van der Waals surface area contributed by atoms with Gasteiger partial charge < -0.3 is 9.47 Å². The Bertz CT molecular complexity index is 222. The van der Waals surface area contributed by atoms with E-state index in [1.165, 1.54) is 6.42 Å². The highest BCUT2D eigenvalue weighted by Crippen LogP contribution is 2.49. The first-order valence-electron chi connectivity index (χ1n) is 4.70. The summed E-state index contributed by atoms with van der Waals surface area (Å²) in [5.41, 5.74) is 0. The summed E-state index contributed by atoms with van der Waals surface area (Å²) in [6.45, 7) is 4.01. The molecule has 2 nitrogen and oxygen atoms in total. The van der Waals surface area contributed by atoms with Crippen molar-refractivity contribution in [3.63, 3.8) is 0 Å². The number of hydrogen-bond acceptors (Lipinski definition) is 2. The SMILES string of the molecule is CC1(C)O[C@@H]2[C@H](O1)[C@@H]1C=C[C@H]2C1. The van der Waals surface area contributed by atoms with Crippen LogP contribution in [0.5, 0.6) is 0 Å². The molecule has 0 N–H and O–H groups in total. The van der Waals surface area contributed by atoms with Gasteiger partial charge in [-0.05, 0) is 20.3 Å². The average molecular weight is 166 g/mol. The molecule has 4 atom stereocenters. The Kier molecular flexibility index (Phi) is 1.15. The molecule has 2 aliphatic carbocycles. The highest BCUT2D eigenvalue weighted by Gasteiger charge is 2.54. The maximum Gasteiger partial charge on any atom is 0.163 e. The standard InChI is InChI=1S/C10H14O2/c1-10(2)11-8-6-3-4-7(5-6)9(8)12-10/h3-4,6-9H,5H2,1-2H3/t6-,7+,8-,9+. The summed E-state index contributed by atoms with van der Waals surface area (Å²) in [6, 6.07) is 0. The van der Waals surface area contributed by atoms with E-state index >= 15 is 0 Å². The molecule has 3 rings (SSSR count). The quantitative estimate of drug-likeness (QED) is 0.510. The molecule has 1 saturated heterocycles. The van der Waals surface area contributed by atoms with Gasteiger partial charge in [-0.2, -0.15) is 0 Å². The Hall–Kier alpha value is -0.340. The van der Waals surface area contributed by atoms with Gasteiger partial charge in [-0.25, -0.2) is 0 Å². The van der Waals surface area contributed by atoms with E-state index in [9.17, 15) is 0 Å². The van der Waals surface area contributed by atoms with E-state index in [2.05, 4.69) is 12.2 Å². The summed E-state index contributed by atoms with van der Waals surface area (Å²) in [7, 11) is 0. The molecule has 3 aliphatic rings. The van der Waals surface area contributed by atoms with Crippen LogP contribution in [-0.4, -0.2) is 18.0 Å². The van der Waals surface area contributed by atoms with Crippen LogP contribution < -0.4 is 0 Å². The van der Waals surface area contributed by atoms with E-state index in [-0.39, 0.29) is 5.79 Å². The molecule has 2 bridgehead atoms. The summed E-state index contributed by atoms with van der Waals surface area (Å²) in [6.07, 6.45) is 6.50. The van der Waals surface area contributed by atoms with E-state index in [1.807, 2.05) is 13.8 Å². The molecule has 0 unspecified atom stereocenters. The first-order valence-corrected chi connectivity index (χ1v) is 4.70. The lowest BCUT2D eigenvalue weighted by Crippen LogP contribution is -2.26. The minimum Gasteiger partial charge on any atom is -0.344 e. The first-order chi connectivity index (χ1) is 5.66. The highest BCUT2D eigenvalue weighted by molar-refractivity contribution is 5.17. The van der Waals surface area contributed by atoms with Gasteiger partial charge in [0, 0.05) is 11.8 Å². The zero-order valence-electron chi connectivity index (χ0n) is 7.49. The van der Waals surface area contributed by atoms with Crippen molar-refractivity contribution in [1.82, 2.24) is 0 Å². The van der Waals surface area contributed by atoms with Crippen LogP contribution in [0.4, 0.5) is 0 Å². The largest absolute Gasteiger partial charge is 0.344 e. The van der Waals surface area contributed by atoms with Crippen LogP contribution >= 0.6 is 0 Å². The lowest BCUT2D eigenvalue weighted by atomic mass is 10.0. The summed E-state index contributed by atoms with van der Waals surface area (Å²) >= 11 is 0. The van der Waals surface area contributed by atoms with Gasteiger partial charge in [0.2, 0.25) is 0 Å². The molecule has 0 aromatic carbocycles. The third kappa shape index (κ3) is 0.771. The number of rotatable bonds is 0. The van der Waals surface area contributed by atoms with Gasteiger partial charge in [-0.3, -0.25) is 0 Å². The predicted octanol–water partition coefficient (Wildman–Crippen LogP) is 1.71. The zero-order chi connectivity index (χ0) is 8.34. The summed E-state index contributed by atoms with van der Waals surface area (Å²) in [4.78, 5) is 0. The van der Waals surface area contributed by atoms with Crippen LogP contribution in [0.2, 0.25) is 0 Å². The van der Waals surface area contributed by atoms with Crippen LogP contribution in [0.3, 0.4) is 0 Å². The van der Waals surface area contributed by atoms with Gasteiger partial charge >= 0.3 is 0 Å². The Morgan fingerprint density at radius 2 is 1.58 bits per heavy atom. The minimum atomic E-state index is -0.349. The van der Waals surface area contributed by atoms with Crippen LogP contribution in [0, 0.1) is 11.8 Å². The Morgan fingerprint density at radius 3 is 2.08 bits per heavy atom. The molecule has 0 aromatic heterocycles. The molecular weight excluding hydrogens is 152 g/mol. The molecular formula is C10H14O2. The monoisotopic (exact) mass is 166 g/mol. The lowest BCUT2D eigenvalue weighted by molar-refractivity contribution is -0.156. The maximum absolute atomic E-state index is 5.83. The first kappa shape index (κ1) is 7.10. The second kappa shape index (κ2) is 1.94. The fourth-order valence-electron chi connectivity index (χ4n) is 2.72. The number of fused-ring (bicyclic) bond motifs is 5. The van der Waals surface area contributed by atoms with E-state index in [0.29, 0.717) is 24.0 Å². The molecule has 0 radical (unpaired) electrons. The van der Waals surface area contributed by atoms with Crippen molar-refractivity contribution in [2.24, 2.45) is 11.8 Å². The van der Waals surface area contributed by atoms with Crippen LogP contribution in [0.25, 0.3) is 0 Å². The topological polar surface area (TPSA) is 18.5 Å². The Labute approximate surface area is 72.5 Å². The molecule has 12 heavy (non-hydrogen) atoms. The van der Waals surface area contributed by atoms with Crippen LogP contribution in [0.1, 0.15) is 20.3 Å². The van der Waals surface area contributed by atoms with Crippen molar-refractivity contribution in [3.05, 3.63) is 12.2 Å². The number of hydrogen-bond donors (Lipinski definition) is 0. The smallest absolute Gasteiger partial charge is 0.163 e. The second-order valence-electron chi connectivity index (χ2n) is 4.51. The normalized spacial score (nSPS) is 53.2. The van der Waals surface area contributed by atoms with Crippen LogP contribution in [-0.2, 0) is 9.47 Å². The van der Waals surface area contributed by atoms with E-state index in [1.54, 1.807) is 0 Å². The van der Waals surface area contributed by atoms with Crippen molar-refractivity contribution in [3.8, 4) is 0 Å². The molecule has 2 heteroatoms. The zero-order valence-corrected chi connectivity index (χ0v) is 7.49.